The molecule has 5 nitrogen and oxygen atoms in total. The molecule has 0 bridgehead atoms. The number of alkyl halides is 3. The van der Waals surface area contributed by atoms with Crippen molar-refractivity contribution in [2.24, 2.45) is 11.7 Å². The largest absolute Gasteiger partial charge is 0.441 e. The normalized spacial score (nSPS) is 23.7. The first-order chi connectivity index (χ1) is 11.8. The van der Waals surface area contributed by atoms with E-state index >= 15 is 0 Å². The molecule has 1 saturated carbocycles. The maximum absolute atomic E-state index is 12.8. The van der Waals surface area contributed by atoms with E-state index in [9.17, 15) is 18.0 Å². The number of aliphatic hydroxyl groups is 1. The lowest BCUT2D eigenvalue weighted by atomic mass is 9.80. The third-order valence-electron chi connectivity index (χ3n) is 4.59. The maximum Gasteiger partial charge on any atom is 0.406 e. The van der Waals surface area contributed by atoms with Crippen LogP contribution < -0.4 is 11.1 Å². The predicted molar refractivity (Wildman–Crippen MR) is 85.7 cm³/mol. The summed E-state index contributed by atoms with van der Waals surface area (Å²) >= 11 is 0. The van der Waals surface area contributed by atoms with Gasteiger partial charge in [0.15, 0.2) is 0 Å². The summed E-state index contributed by atoms with van der Waals surface area (Å²) in [7, 11) is 0. The van der Waals surface area contributed by atoms with E-state index < -0.39 is 31.0 Å². The lowest BCUT2D eigenvalue weighted by Gasteiger charge is -2.35. The van der Waals surface area contributed by atoms with E-state index in [1.807, 2.05) is 30.3 Å². The Balaban J connectivity index is 1.98. The smallest absolute Gasteiger partial charge is 0.406 e. The van der Waals surface area contributed by atoms with Crippen LogP contribution in [0.15, 0.2) is 30.3 Å². The van der Waals surface area contributed by atoms with Gasteiger partial charge in [-0.1, -0.05) is 30.3 Å². The number of amides is 1. The fourth-order valence-electron chi connectivity index (χ4n) is 3.33. The van der Waals surface area contributed by atoms with Crippen LogP contribution >= 0.6 is 0 Å². The third-order valence-corrected chi connectivity index (χ3v) is 4.59. The Morgan fingerprint density at radius 2 is 1.84 bits per heavy atom. The van der Waals surface area contributed by atoms with Gasteiger partial charge in [0.2, 0.25) is 0 Å². The first-order valence-corrected chi connectivity index (χ1v) is 8.26. The number of hydrogen-bond donors (Lipinski definition) is 3. The number of primary amides is 1. The highest BCUT2D eigenvalue weighted by Gasteiger charge is 2.41. The van der Waals surface area contributed by atoms with Crippen molar-refractivity contribution in [1.82, 2.24) is 5.32 Å². The Morgan fingerprint density at radius 1 is 1.24 bits per heavy atom. The molecule has 1 aromatic rings. The molecule has 140 valence electrons. The van der Waals surface area contributed by atoms with Crippen LogP contribution in [-0.4, -0.2) is 36.1 Å². The van der Waals surface area contributed by atoms with Gasteiger partial charge in [-0.15, -0.1) is 0 Å². The predicted octanol–water partition coefficient (Wildman–Crippen LogP) is 2.89. The van der Waals surface area contributed by atoms with E-state index in [4.69, 9.17) is 15.6 Å². The fraction of sp³-hybridized carbons (Fsp3) is 0.588. The van der Waals surface area contributed by atoms with E-state index in [1.54, 1.807) is 0 Å². The van der Waals surface area contributed by atoms with E-state index in [2.05, 4.69) is 5.32 Å². The van der Waals surface area contributed by atoms with Crippen molar-refractivity contribution >= 4 is 6.09 Å². The van der Waals surface area contributed by atoms with Crippen molar-refractivity contribution in [3.8, 4) is 0 Å². The van der Waals surface area contributed by atoms with Crippen LogP contribution in [0.2, 0.25) is 0 Å². The topological polar surface area (TPSA) is 84.6 Å². The first-order valence-electron chi connectivity index (χ1n) is 8.26. The molecule has 8 heteroatoms. The molecule has 0 heterocycles. The zero-order valence-electron chi connectivity index (χ0n) is 13.7. The standard InChI is InChI=1S/C17H23F3N2O3/c18-17(19,20)14(10-23)22-13-8-6-12(7-9-13)15(25-16(21)24)11-4-2-1-3-5-11/h1-5,12-15,22-23H,6-10H2,(H2,21,24)/t12?,13?,14-,15?/m1/s1. The monoisotopic (exact) mass is 360 g/mol. The van der Waals surface area contributed by atoms with Crippen LogP contribution in [0, 0.1) is 5.92 Å². The molecule has 25 heavy (non-hydrogen) atoms. The summed E-state index contributed by atoms with van der Waals surface area (Å²) in [6, 6.07) is 6.93. The molecule has 0 aliphatic heterocycles. The number of benzene rings is 1. The van der Waals surface area contributed by atoms with E-state index in [0.29, 0.717) is 25.7 Å². The van der Waals surface area contributed by atoms with Crippen molar-refractivity contribution in [2.45, 2.75) is 50.0 Å². The molecular formula is C17H23F3N2O3. The zero-order chi connectivity index (χ0) is 18.4. The minimum Gasteiger partial charge on any atom is -0.441 e. The molecule has 0 saturated heterocycles. The maximum atomic E-state index is 12.8. The van der Waals surface area contributed by atoms with Gasteiger partial charge in [-0.2, -0.15) is 13.2 Å². The Morgan fingerprint density at radius 3 is 2.32 bits per heavy atom. The number of nitrogens with one attached hydrogen (secondary N) is 1. The Hall–Kier alpha value is -1.80. The molecule has 1 fully saturated rings. The van der Waals surface area contributed by atoms with Gasteiger partial charge in [-0.3, -0.25) is 0 Å². The number of hydrogen-bond acceptors (Lipinski definition) is 4. The SMILES string of the molecule is NC(=O)OC(c1ccccc1)C1CCC(N[C@H](CO)C(F)(F)F)CC1. The van der Waals surface area contributed by atoms with Gasteiger partial charge in [0, 0.05) is 12.0 Å². The number of halogens is 3. The van der Waals surface area contributed by atoms with Crippen LogP contribution in [-0.2, 0) is 4.74 Å². The van der Waals surface area contributed by atoms with Gasteiger partial charge in [-0.25, -0.2) is 4.79 Å². The van der Waals surface area contributed by atoms with Crippen molar-refractivity contribution in [3.05, 3.63) is 35.9 Å². The second-order valence-corrected chi connectivity index (χ2v) is 6.32. The van der Waals surface area contributed by atoms with Crippen LogP contribution in [0.25, 0.3) is 0 Å². The van der Waals surface area contributed by atoms with Gasteiger partial charge in [0.05, 0.1) is 6.61 Å². The molecule has 0 spiro atoms. The summed E-state index contributed by atoms with van der Waals surface area (Å²) in [6.45, 7) is -0.985. The lowest BCUT2D eigenvalue weighted by molar-refractivity contribution is -0.166. The highest BCUT2D eigenvalue weighted by Crippen LogP contribution is 2.37. The van der Waals surface area contributed by atoms with Crippen LogP contribution in [0.3, 0.4) is 0 Å². The molecule has 1 aliphatic rings. The number of nitrogens with two attached hydrogens (primary N) is 1. The van der Waals surface area contributed by atoms with Gasteiger partial charge in [0.25, 0.3) is 0 Å². The molecule has 1 aromatic carbocycles. The second-order valence-electron chi connectivity index (χ2n) is 6.32. The molecule has 2 rings (SSSR count). The molecule has 0 radical (unpaired) electrons. The number of rotatable bonds is 6. The van der Waals surface area contributed by atoms with Gasteiger partial charge in [-0.05, 0) is 31.2 Å². The number of carbonyl (C=O) groups excluding carboxylic acids is 1. The number of carbonyl (C=O) groups is 1. The summed E-state index contributed by atoms with van der Waals surface area (Å²) in [5, 5.41) is 11.4. The van der Waals surface area contributed by atoms with Gasteiger partial charge in [0.1, 0.15) is 12.1 Å². The van der Waals surface area contributed by atoms with E-state index in [0.717, 1.165) is 5.56 Å². The summed E-state index contributed by atoms with van der Waals surface area (Å²) in [6.07, 6.45) is -3.65. The van der Waals surface area contributed by atoms with Crippen molar-refractivity contribution in [3.63, 3.8) is 0 Å². The average Bonchev–Trinajstić information content (AvgIpc) is 2.58. The summed E-state index contributed by atoms with van der Waals surface area (Å²) in [5.74, 6) is -0.00795. The molecule has 1 aliphatic carbocycles. The van der Waals surface area contributed by atoms with Crippen molar-refractivity contribution < 1.29 is 27.8 Å². The van der Waals surface area contributed by atoms with E-state index in [1.165, 1.54) is 0 Å². The molecule has 4 N–H and O–H groups in total. The zero-order valence-corrected chi connectivity index (χ0v) is 13.7. The quantitative estimate of drug-likeness (QED) is 0.728. The second kappa shape index (κ2) is 8.53. The molecule has 1 amide bonds. The average molecular weight is 360 g/mol. The van der Waals surface area contributed by atoms with Gasteiger partial charge < -0.3 is 20.9 Å². The van der Waals surface area contributed by atoms with Crippen LogP contribution in [0.5, 0.6) is 0 Å². The Bertz CT molecular complexity index is 546. The Labute approximate surface area is 144 Å². The van der Waals surface area contributed by atoms with Crippen LogP contribution in [0.4, 0.5) is 18.0 Å². The Kier molecular flexibility index (Phi) is 6.66. The summed E-state index contributed by atoms with van der Waals surface area (Å²) in [4.78, 5) is 11.2. The molecule has 0 aromatic heterocycles. The third kappa shape index (κ3) is 5.61. The van der Waals surface area contributed by atoms with E-state index in [-0.39, 0.29) is 12.0 Å². The number of aliphatic hydroxyl groups excluding tert-OH is 1. The highest BCUT2D eigenvalue weighted by atomic mass is 19.4. The minimum atomic E-state index is -4.48. The van der Waals surface area contributed by atoms with Crippen molar-refractivity contribution in [1.29, 1.82) is 0 Å². The minimum absolute atomic E-state index is 0.00795. The highest BCUT2D eigenvalue weighted by molar-refractivity contribution is 5.65. The molecule has 2 atom stereocenters. The first kappa shape index (κ1) is 19.5. The lowest BCUT2D eigenvalue weighted by Crippen LogP contribution is -2.50. The van der Waals surface area contributed by atoms with Crippen LogP contribution in [0.1, 0.15) is 37.4 Å². The fourth-order valence-corrected chi connectivity index (χ4v) is 3.33. The summed E-state index contributed by atoms with van der Waals surface area (Å²) < 4.78 is 43.5. The summed E-state index contributed by atoms with van der Waals surface area (Å²) in [5.41, 5.74) is 5.99. The molecular weight excluding hydrogens is 337 g/mol. The van der Waals surface area contributed by atoms with Gasteiger partial charge >= 0.3 is 12.3 Å². The number of ether oxygens (including phenoxy) is 1. The van der Waals surface area contributed by atoms with Crippen molar-refractivity contribution in [2.75, 3.05) is 6.61 Å². The molecule has 1 unspecified atom stereocenters.